The van der Waals surface area contributed by atoms with Gasteiger partial charge in [-0.2, -0.15) is 5.48 Å². The molecule has 0 radical (unpaired) electrons. The summed E-state index contributed by atoms with van der Waals surface area (Å²) in [6, 6.07) is 0. The van der Waals surface area contributed by atoms with E-state index in [-0.39, 0.29) is 9.50 Å². The number of hydrogen-bond acceptors (Lipinski definition) is 3. The lowest BCUT2D eigenvalue weighted by atomic mass is 11.2. The van der Waals surface area contributed by atoms with Crippen LogP contribution >= 0.6 is 37.1 Å². The molecule has 0 aromatic rings. The number of thiol groups is 1. The Morgan fingerprint density at radius 2 is 2.12 bits per heavy atom. The molecular weight excluding hydrogens is 164 g/mol. The first-order chi connectivity index (χ1) is 3.63. The molecule has 0 aliphatic carbocycles. The normalized spacial score (nSPS) is 7.62. The van der Waals surface area contributed by atoms with Gasteiger partial charge in [-0.15, -0.1) is 0 Å². The topological polar surface area (TPSA) is 47.3 Å². The summed E-state index contributed by atoms with van der Waals surface area (Å²) < 4.78 is 0.0535. The second kappa shape index (κ2) is 3.88. The fourth-order valence-corrected chi connectivity index (χ4v) is 0.223. The van der Waals surface area contributed by atoms with Crippen molar-refractivity contribution in [1.29, 1.82) is 0 Å². The quantitative estimate of drug-likeness (QED) is 0.269. The minimum absolute atomic E-state index is 0.0291. The fourth-order valence-electron chi connectivity index (χ4n) is 0.0940. The first kappa shape index (κ1) is 7.93. The Morgan fingerprint density at radius 3 is 2.25 bits per heavy atom. The molecule has 0 aromatic heterocycles. The van der Waals surface area contributed by atoms with Crippen LogP contribution in [0, 0.1) is 0 Å². The summed E-state index contributed by atoms with van der Waals surface area (Å²) in [5.74, 6) is 0. The lowest BCUT2D eigenvalue weighted by Crippen LogP contribution is -2.29. The average Bonchev–Trinajstić information content (AvgIpc) is 1.61. The standard InChI is InChI=1S/C2H4N2OS3/c3-1(6)4-5-2(7)8/h(H,7,8)(H3,3,4,6). The molecule has 0 spiro atoms. The van der Waals surface area contributed by atoms with E-state index in [1.54, 1.807) is 0 Å². The minimum Gasteiger partial charge on any atom is -0.374 e. The van der Waals surface area contributed by atoms with Crippen LogP contribution in [0.5, 0.6) is 0 Å². The Kier molecular flexibility index (Phi) is 3.84. The monoisotopic (exact) mass is 168 g/mol. The third-order valence-corrected chi connectivity index (χ3v) is 0.497. The van der Waals surface area contributed by atoms with Crippen LogP contribution in [0.2, 0.25) is 0 Å². The van der Waals surface area contributed by atoms with E-state index in [1.807, 2.05) is 0 Å². The molecule has 0 fully saturated rings. The highest BCUT2D eigenvalue weighted by atomic mass is 32.1. The maximum atomic E-state index is 4.94. The van der Waals surface area contributed by atoms with Crippen molar-refractivity contribution in [3.63, 3.8) is 0 Å². The molecule has 0 aliphatic heterocycles. The Morgan fingerprint density at radius 1 is 1.62 bits per heavy atom. The molecule has 0 rings (SSSR count). The second-order valence-corrected chi connectivity index (χ2v) is 2.35. The Balaban J connectivity index is 3.18. The van der Waals surface area contributed by atoms with E-state index in [0.717, 1.165) is 0 Å². The van der Waals surface area contributed by atoms with Gasteiger partial charge in [0.25, 0.3) is 0 Å². The minimum atomic E-state index is 0.0291. The van der Waals surface area contributed by atoms with Gasteiger partial charge in [0.2, 0.25) is 4.38 Å². The first-order valence-corrected chi connectivity index (χ1v) is 2.84. The van der Waals surface area contributed by atoms with Gasteiger partial charge in [0.1, 0.15) is 0 Å². The zero-order valence-electron chi connectivity index (χ0n) is 3.75. The van der Waals surface area contributed by atoms with Crippen LogP contribution in [0.4, 0.5) is 0 Å². The summed E-state index contributed by atoms with van der Waals surface area (Å²) >= 11 is 12.3. The van der Waals surface area contributed by atoms with Crippen molar-refractivity contribution < 1.29 is 4.84 Å². The summed E-state index contributed by atoms with van der Waals surface area (Å²) in [5, 5.41) is 0.0291. The summed E-state index contributed by atoms with van der Waals surface area (Å²) in [4.78, 5) is 4.38. The van der Waals surface area contributed by atoms with Gasteiger partial charge in [0.15, 0.2) is 5.11 Å². The highest BCUT2D eigenvalue weighted by molar-refractivity contribution is 8.10. The summed E-state index contributed by atoms with van der Waals surface area (Å²) in [6.45, 7) is 0. The zero-order valence-corrected chi connectivity index (χ0v) is 6.28. The first-order valence-electron chi connectivity index (χ1n) is 1.58. The molecule has 0 aliphatic rings. The van der Waals surface area contributed by atoms with Gasteiger partial charge in [0, 0.05) is 0 Å². The SMILES string of the molecule is NC(=S)NOC(=S)S. The molecule has 0 aromatic carbocycles. The van der Waals surface area contributed by atoms with E-state index in [0.29, 0.717) is 0 Å². The number of rotatable bonds is 0. The molecule has 3 N–H and O–H groups in total. The van der Waals surface area contributed by atoms with Crippen molar-refractivity contribution in [3.05, 3.63) is 0 Å². The number of nitrogens with two attached hydrogens (primary N) is 1. The van der Waals surface area contributed by atoms with Gasteiger partial charge in [0.05, 0.1) is 0 Å². The van der Waals surface area contributed by atoms with Gasteiger partial charge < -0.3 is 10.6 Å². The van der Waals surface area contributed by atoms with Gasteiger partial charge in [-0.05, 0) is 24.4 Å². The Bertz CT molecular complexity index is 99.9. The smallest absolute Gasteiger partial charge is 0.249 e. The van der Waals surface area contributed by atoms with Crippen molar-refractivity contribution in [2.75, 3.05) is 0 Å². The van der Waals surface area contributed by atoms with Crippen molar-refractivity contribution in [2.45, 2.75) is 0 Å². The molecule has 0 unspecified atom stereocenters. The third kappa shape index (κ3) is 5.93. The van der Waals surface area contributed by atoms with E-state index in [1.165, 1.54) is 0 Å². The highest BCUT2D eigenvalue weighted by Crippen LogP contribution is 1.80. The van der Waals surface area contributed by atoms with E-state index < -0.39 is 0 Å². The van der Waals surface area contributed by atoms with E-state index in [4.69, 9.17) is 5.73 Å². The molecule has 8 heavy (non-hydrogen) atoms. The molecule has 0 saturated carbocycles. The van der Waals surface area contributed by atoms with Crippen LogP contribution < -0.4 is 11.2 Å². The van der Waals surface area contributed by atoms with Gasteiger partial charge in [-0.3, -0.25) is 0 Å². The zero-order chi connectivity index (χ0) is 6.57. The molecule has 0 heterocycles. The molecule has 0 bridgehead atoms. The molecular formula is C2H4N2OS3. The lowest BCUT2D eigenvalue weighted by molar-refractivity contribution is 0.266. The summed E-state index contributed by atoms with van der Waals surface area (Å²) in [7, 11) is 0. The van der Waals surface area contributed by atoms with Crippen molar-refractivity contribution >= 4 is 46.6 Å². The molecule has 0 saturated heterocycles. The van der Waals surface area contributed by atoms with Crippen molar-refractivity contribution in [2.24, 2.45) is 5.73 Å². The van der Waals surface area contributed by atoms with Crippen LogP contribution in [-0.2, 0) is 4.84 Å². The fraction of sp³-hybridized carbons (Fsp3) is 0. The number of hydrogen-bond donors (Lipinski definition) is 3. The third-order valence-electron chi connectivity index (χ3n) is 0.239. The Labute approximate surface area is 62.9 Å². The largest absolute Gasteiger partial charge is 0.374 e. The predicted molar refractivity (Wildman–Crippen MR) is 42.6 cm³/mol. The van der Waals surface area contributed by atoms with Crippen LogP contribution in [0.15, 0.2) is 0 Å². The lowest BCUT2D eigenvalue weighted by Gasteiger charge is -2.00. The Hall–Kier alpha value is -0.0700. The van der Waals surface area contributed by atoms with Crippen LogP contribution in [0.1, 0.15) is 0 Å². The second-order valence-electron chi connectivity index (χ2n) is 0.834. The summed E-state index contributed by atoms with van der Waals surface area (Å²) in [5.41, 5.74) is 7.08. The van der Waals surface area contributed by atoms with Crippen molar-refractivity contribution in [1.82, 2.24) is 5.48 Å². The van der Waals surface area contributed by atoms with Crippen molar-refractivity contribution in [3.8, 4) is 0 Å². The number of thiocarbonyl (C=S) groups is 2. The maximum Gasteiger partial charge on any atom is 0.249 e. The van der Waals surface area contributed by atoms with Gasteiger partial charge >= 0.3 is 0 Å². The molecule has 0 amide bonds. The van der Waals surface area contributed by atoms with Gasteiger partial charge in [-0.1, -0.05) is 12.6 Å². The van der Waals surface area contributed by atoms with Gasteiger partial charge in [-0.25, -0.2) is 0 Å². The summed E-state index contributed by atoms with van der Waals surface area (Å²) in [6.07, 6.45) is 0. The molecule has 6 heteroatoms. The van der Waals surface area contributed by atoms with Crippen LogP contribution in [0.25, 0.3) is 0 Å². The van der Waals surface area contributed by atoms with E-state index >= 15 is 0 Å². The predicted octanol–water partition coefficient (Wildman–Crippen LogP) is -0.0341. The van der Waals surface area contributed by atoms with Crippen LogP contribution in [0.3, 0.4) is 0 Å². The highest BCUT2D eigenvalue weighted by Gasteiger charge is 1.86. The molecule has 0 atom stereocenters. The average molecular weight is 168 g/mol. The maximum absolute atomic E-state index is 4.94. The molecule has 46 valence electrons. The van der Waals surface area contributed by atoms with Crippen LogP contribution in [-0.4, -0.2) is 9.50 Å². The van der Waals surface area contributed by atoms with E-state index in [9.17, 15) is 0 Å². The molecule has 3 nitrogen and oxygen atoms in total. The number of hydroxylamine groups is 1. The number of nitrogens with one attached hydrogen (secondary N) is 1. The van der Waals surface area contributed by atoms with E-state index in [2.05, 4.69) is 47.4 Å².